The van der Waals surface area contributed by atoms with Gasteiger partial charge in [0.1, 0.15) is 10.8 Å². The van der Waals surface area contributed by atoms with Crippen molar-refractivity contribution >= 4 is 28.6 Å². The summed E-state index contributed by atoms with van der Waals surface area (Å²) >= 11 is 7.52. The predicted octanol–water partition coefficient (Wildman–Crippen LogP) is 4.78. The number of benzene rings is 2. The van der Waals surface area contributed by atoms with Gasteiger partial charge in [-0.1, -0.05) is 17.7 Å². The van der Waals surface area contributed by atoms with Gasteiger partial charge in [-0.15, -0.1) is 11.3 Å². The number of nitrogens with one attached hydrogen (secondary N) is 1. The molecule has 0 radical (unpaired) electrons. The summed E-state index contributed by atoms with van der Waals surface area (Å²) in [7, 11) is 0. The summed E-state index contributed by atoms with van der Waals surface area (Å²) in [5.74, 6) is 0.105. The van der Waals surface area contributed by atoms with Crippen molar-refractivity contribution < 1.29 is 5.11 Å². The molecule has 21 heavy (non-hydrogen) atoms. The summed E-state index contributed by atoms with van der Waals surface area (Å²) in [4.78, 5) is 4.29. The molecule has 0 unspecified atom stereocenters. The minimum Gasteiger partial charge on any atom is -0.506 e. The van der Waals surface area contributed by atoms with Crippen LogP contribution in [-0.2, 0) is 6.54 Å². The van der Waals surface area contributed by atoms with E-state index in [0.29, 0.717) is 11.6 Å². The van der Waals surface area contributed by atoms with Crippen LogP contribution in [0.15, 0.2) is 54.0 Å². The number of thiazole rings is 1. The smallest absolute Gasteiger partial charge is 0.134 e. The zero-order valence-corrected chi connectivity index (χ0v) is 12.7. The zero-order chi connectivity index (χ0) is 14.7. The Bertz CT molecular complexity index is 727. The van der Waals surface area contributed by atoms with Gasteiger partial charge in [-0.2, -0.15) is 0 Å². The summed E-state index contributed by atoms with van der Waals surface area (Å²) in [5, 5.41) is 16.1. The molecule has 0 aliphatic carbocycles. The highest BCUT2D eigenvalue weighted by Crippen LogP contribution is 2.25. The summed E-state index contributed by atoms with van der Waals surface area (Å²) < 4.78 is 0. The van der Waals surface area contributed by atoms with E-state index in [-0.39, 0.29) is 5.75 Å². The van der Waals surface area contributed by atoms with Crippen molar-refractivity contribution in [1.29, 1.82) is 0 Å². The van der Waals surface area contributed by atoms with Gasteiger partial charge < -0.3 is 10.4 Å². The highest BCUT2D eigenvalue weighted by atomic mass is 35.5. The van der Waals surface area contributed by atoms with E-state index >= 15 is 0 Å². The number of hydrogen-bond donors (Lipinski definition) is 2. The molecule has 1 aromatic heterocycles. The molecular weight excluding hydrogens is 304 g/mol. The predicted molar refractivity (Wildman–Crippen MR) is 88.0 cm³/mol. The maximum Gasteiger partial charge on any atom is 0.134 e. The average molecular weight is 317 g/mol. The van der Waals surface area contributed by atoms with E-state index in [0.717, 1.165) is 21.8 Å². The lowest BCUT2D eigenvalue weighted by Crippen LogP contribution is -1.99. The van der Waals surface area contributed by atoms with E-state index in [9.17, 15) is 5.11 Å². The van der Waals surface area contributed by atoms with Gasteiger partial charge >= 0.3 is 0 Å². The number of hydrogen-bond acceptors (Lipinski definition) is 4. The molecule has 0 bridgehead atoms. The van der Waals surface area contributed by atoms with Crippen molar-refractivity contribution in [2.75, 3.05) is 5.32 Å². The van der Waals surface area contributed by atoms with Crippen LogP contribution in [0.1, 0.15) is 5.56 Å². The molecule has 3 aromatic rings. The molecule has 1 heterocycles. The Morgan fingerprint density at radius 1 is 1.14 bits per heavy atom. The van der Waals surface area contributed by atoms with E-state index in [2.05, 4.69) is 10.3 Å². The highest BCUT2D eigenvalue weighted by molar-refractivity contribution is 7.13. The molecule has 0 fully saturated rings. The van der Waals surface area contributed by atoms with Crippen molar-refractivity contribution in [2.24, 2.45) is 0 Å². The van der Waals surface area contributed by atoms with E-state index in [1.54, 1.807) is 29.7 Å². The first-order chi connectivity index (χ1) is 10.2. The highest BCUT2D eigenvalue weighted by Gasteiger charge is 2.02. The molecule has 0 amide bonds. The van der Waals surface area contributed by atoms with Gasteiger partial charge in [-0.05, 0) is 42.0 Å². The molecule has 5 heteroatoms. The molecule has 0 saturated carbocycles. The second kappa shape index (κ2) is 6.16. The molecular formula is C16H13ClN2OS. The molecule has 0 atom stereocenters. The van der Waals surface area contributed by atoms with Crippen LogP contribution in [0.25, 0.3) is 10.6 Å². The third-order valence-electron chi connectivity index (χ3n) is 3.07. The molecule has 2 aromatic carbocycles. The lowest BCUT2D eigenvalue weighted by atomic mass is 10.2. The number of phenolic OH excluding ortho intramolecular Hbond substituents is 1. The van der Waals surface area contributed by atoms with E-state index < -0.39 is 0 Å². The monoisotopic (exact) mass is 316 g/mol. The van der Waals surface area contributed by atoms with Gasteiger partial charge in [0.05, 0.1) is 5.02 Å². The van der Waals surface area contributed by atoms with Crippen LogP contribution in [-0.4, -0.2) is 10.1 Å². The van der Waals surface area contributed by atoms with Crippen molar-refractivity contribution in [3.63, 3.8) is 0 Å². The Morgan fingerprint density at radius 3 is 2.62 bits per heavy atom. The van der Waals surface area contributed by atoms with Crippen LogP contribution in [0.3, 0.4) is 0 Å². The fourth-order valence-corrected chi connectivity index (χ4v) is 2.81. The third kappa shape index (κ3) is 3.35. The standard InChI is InChI=1S/C16H13ClN2OS/c17-14-9-11(1-6-15(14)20)10-19-13-4-2-12(3-5-13)16-18-7-8-21-16/h1-9,19-20H,10H2. The van der Waals surface area contributed by atoms with E-state index in [1.165, 1.54) is 0 Å². The van der Waals surface area contributed by atoms with Gasteiger partial charge in [0, 0.05) is 29.4 Å². The number of aromatic hydroxyl groups is 1. The lowest BCUT2D eigenvalue weighted by molar-refractivity contribution is 0.475. The largest absolute Gasteiger partial charge is 0.506 e. The summed E-state index contributed by atoms with van der Waals surface area (Å²) in [5.41, 5.74) is 3.16. The molecule has 3 rings (SSSR count). The van der Waals surface area contributed by atoms with Crippen LogP contribution in [0.5, 0.6) is 5.75 Å². The molecule has 0 spiro atoms. The Labute approximate surface area is 131 Å². The first-order valence-corrected chi connectivity index (χ1v) is 7.69. The minimum absolute atomic E-state index is 0.105. The average Bonchev–Trinajstić information content (AvgIpc) is 3.03. The Balaban J connectivity index is 1.66. The molecule has 106 valence electrons. The van der Waals surface area contributed by atoms with Gasteiger partial charge in [0.25, 0.3) is 0 Å². The van der Waals surface area contributed by atoms with Crippen LogP contribution in [0.2, 0.25) is 5.02 Å². The van der Waals surface area contributed by atoms with Crippen molar-refractivity contribution in [3.8, 4) is 16.3 Å². The number of nitrogens with zero attached hydrogens (tertiary/aromatic N) is 1. The van der Waals surface area contributed by atoms with Gasteiger partial charge in [-0.25, -0.2) is 4.98 Å². The zero-order valence-electron chi connectivity index (χ0n) is 11.1. The topological polar surface area (TPSA) is 45.1 Å². The second-order valence-electron chi connectivity index (χ2n) is 4.55. The maximum absolute atomic E-state index is 9.39. The van der Waals surface area contributed by atoms with Gasteiger partial charge in [0.2, 0.25) is 0 Å². The Kier molecular flexibility index (Phi) is 4.08. The Morgan fingerprint density at radius 2 is 1.95 bits per heavy atom. The normalized spacial score (nSPS) is 10.5. The molecule has 2 N–H and O–H groups in total. The number of halogens is 1. The van der Waals surface area contributed by atoms with Crippen molar-refractivity contribution in [1.82, 2.24) is 4.98 Å². The minimum atomic E-state index is 0.105. The van der Waals surface area contributed by atoms with E-state index in [1.807, 2.05) is 35.7 Å². The Hall–Kier alpha value is -2.04. The first kappa shape index (κ1) is 13.9. The summed E-state index contributed by atoms with van der Waals surface area (Å²) in [6, 6.07) is 13.4. The molecule has 0 saturated heterocycles. The van der Waals surface area contributed by atoms with E-state index in [4.69, 9.17) is 11.6 Å². The maximum atomic E-state index is 9.39. The number of rotatable bonds is 4. The fourth-order valence-electron chi connectivity index (χ4n) is 1.96. The van der Waals surface area contributed by atoms with Crippen LogP contribution >= 0.6 is 22.9 Å². The molecule has 0 aliphatic rings. The third-order valence-corrected chi connectivity index (χ3v) is 4.20. The van der Waals surface area contributed by atoms with Crippen LogP contribution in [0, 0.1) is 0 Å². The lowest BCUT2D eigenvalue weighted by Gasteiger charge is -2.08. The quantitative estimate of drug-likeness (QED) is 0.728. The fraction of sp³-hybridized carbons (Fsp3) is 0.0625. The van der Waals surface area contributed by atoms with Crippen LogP contribution < -0.4 is 5.32 Å². The first-order valence-electron chi connectivity index (χ1n) is 6.43. The number of anilines is 1. The van der Waals surface area contributed by atoms with Crippen molar-refractivity contribution in [3.05, 3.63) is 64.6 Å². The second-order valence-corrected chi connectivity index (χ2v) is 5.86. The van der Waals surface area contributed by atoms with Gasteiger partial charge in [-0.3, -0.25) is 0 Å². The SMILES string of the molecule is Oc1ccc(CNc2ccc(-c3nccs3)cc2)cc1Cl. The summed E-state index contributed by atoms with van der Waals surface area (Å²) in [6.45, 7) is 0.649. The number of phenols is 1. The van der Waals surface area contributed by atoms with Crippen LogP contribution in [0.4, 0.5) is 5.69 Å². The number of aromatic nitrogens is 1. The van der Waals surface area contributed by atoms with Gasteiger partial charge in [0.15, 0.2) is 0 Å². The molecule has 0 aliphatic heterocycles. The summed E-state index contributed by atoms with van der Waals surface area (Å²) in [6.07, 6.45) is 1.81. The van der Waals surface area contributed by atoms with Crippen molar-refractivity contribution in [2.45, 2.75) is 6.54 Å². The molecule has 3 nitrogen and oxygen atoms in total.